The number of nitrogens with one attached hydrogen (secondary N) is 1. The molecule has 0 aromatic heterocycles. The second-order valence-electron chi connectivity index (χ2n) is 4.57. The summed E-state index contributed by atoms with van der Waals surface area (Å²) < 4.78 is 0. The van der Waals surface area contributed by atoms with Gasteiger partial charge >= 0.3 is 5.97 Å². The first-order valence-corrected chi connectivity index (χ1v) is 7.42. The molecule has 1 aliphatic rings. The van der Waals surface area contributed by atoms with Crippen molar-refractivity contribution in [2.45, 2.75) is 30.9 Å². The zero-order valence-corrected chi connectivity index (χ0v) is 11.7. The lowest BCUT2D eigenvalue weighted by Gasteiger charge is -2.23. The lowest BCUT2D eigenvalue weighted by atomic mass is 10.2. The highest BCUT2D eigenvalue weighted by atomic mass is 32.2. The van der Waals surface area contributed by atoms with Gasteiger partial charge in [-0.05, 0) is 32.4 Å². The van der Waals surface area contributed by atoms with Gasteiger partial charge in [-0.25, -0.2) is 0 Å². The summed E-state index contributed by atoms with van der Waals surface area (Å²) in [7, 11) is 1.74. The molecule has 2 N–H and O–H groups in total. The number of thioether (sulfide) groups is 1. The van der Waals surface area contributed by atoms with Gasteiger partial charge in [-0.15, -0.1) is 11.8 Å². The monoisotopic (exact) mass is 274 g/mol. The average molecular weight is 274 g/mol. The van der Waals surface area contributed by atoms with E-state index in [-0.39, 0.29) is 12.3 Å². The molecule has 0 bridgehead atoms. The van der Waals surface area contributed by atoms with Crippen LogP contribution in [0.2, 0.25) is 0 Å². The Labute approximate surface area is 112 Å². The highest BCUT2D eigenvalue weighted by Crippen LogP contribution is 2.20. The van der Waals surface area contributed by atoms with Gasteiger partial charge in [0.1, 0.15) is 0 Å². The summed E-state index contributed by atoms with van der Waals surface area (Å²) in [4.78, 5) is 23.8. The van der Waals surface area contributed by atoms with Crippen LogP contribution >= 0.6 is 11.8 Å². The Morgan fingerprint density at radius 1 is 1.39 bits per heavy atom. The third-order valence-corrected chi connectivity index (χ3v) is 4.40. The molecule has 104 valence electrons. The van der Waals surface area contributed by atoms with Gasteiger partial charge < -0.3 is 15.3 Å². The molecule has 1 rings (SSSR count). The van der Waals surface area contributed by atoms with Crippen molar-refractivity contribution in [2.75, 3.05) is 32.4 Å². The smallest absolute Gasteiger partial charge is 0.303 e. The van der Waals surface area contributed by atoms with Gasteiger partial charge in [0, 0.05) is 25.3 Å². The molecule has 18 heavy (non-hydrogen) atoms. The second-order valence-corrected chi connectivity index (χ2v) is 5.86. The van der Waals surface area contributed by atoms with E-state index < -0.39 is 5.97 Å². The summed E-state index contributed by atoms with van der Waals surface area (Å²) in [5.41, 5.74) is 0. The SMILES string of the molecule is CN(CCCC(=O)O)C(=O)CSC1CCNCC1. The number of rotatable bonds is 7. The molecule has 0 unspecified atom stereocenters. The maximum absolute atomic E-state index is 11.8. The Kier molecular flexibility index (Phi) is 7.12. The van der Waals surface area contributed by atoms with Crippen molar-refractivity contribution in [3.63, 3.8) is 0 Å². The number of carbonyl (C=O) groups excluding carboxylic acids is 1. The van der Waals surface area contributed by atoms with Crippen LogP contribution in [0.1, 0.15) is 25.7 Å². The van der Waals surface area contributed by atoms with Crippen LogP contribution in [0, 0.1) is 0 Å². The predicted octanol–water partition coefficient (Wildman–Crippen LogP) is 0.795. The van der Waals surface area contributed by atoms with Crippen molar-refractivity contribution in [1.29, 1.82) is 0 Å². The quantitative estimate of drug-likeness (QED) is 0.718. The molecule has 1 saturated heterocycles. The number of nitrogens with zero attached hydrogens (tertiary/aromatic N) is 1. The normalized spacial score (nSPS) is 16.5. The summed E-state index contributed by atoms with van der Waals surface area (Å²) in [6.07, 6.45) is 2.90. The molecule has 6 heteroatoms. The van der Waals surface area contributed by atoms with E-state index in [1.54, 1.807) is 23.7 Å². The van der Waals surface area contributed by atoms with Crippen LogP contribution < -0.4 is 5.32 Å². The maximum Gasteiger partial charge on any atom is 0.303 e. The third-order valence-electron chi connectivity index (χ3n) is 3.04. The van der Waals surface area contributed by atoms with Crippen molar-refractivity contribution in [1.82, 2.24) is 10.2 Å². The third kappa shape index (κ3) is 6.26. The Morgan fingerprint density at radius 2 is 2.06 bits per heavy atom. The van der Waals surface area contributed by atoms with Crippen molar-refractivity contribution in [3.8, 4) is 0 Å². The topological polar surface area (TPSA) is 69.6 Å². The highest BCUT2D eigenvalue weighted by Gasteiger charge is 2.16. The Morgan fingerprint density at radius 3 is 2.67 bits per heavy atom. The fourth-order valence-electron chi connectivity index (χ4n) is 1.85. The first-order chi connectivity index (χ1) is 8.59. The number of amides is 1. The van der Waals surface area contributed by atoms with E-state index in [4.69, 9.17) is 5.11 Å². The number of hydrogen-bond donors (Lipinski definition) is 2. The zero-order chi connectivity index (χ0) is 13.4. The van der Waals surface area contributed by atoms with E-state index in [2.05, 4.69) is 5.32 Å². The van der Waals surface area contributed by atoms with E-state index in [9.17, 15) is 9.59 Å². The van der Waals surface area contributed by atoms with E-state index in [1.807, 2.05) is 0 Å². The summed E-state index contributed by atoms with van der Waals surface area (Å²) in [5, 5.41) is 12.4. The second kappa shape index (κ2) is 8.37. The number of carboxylic acids is 1. The van der Waals surface area contributed by atoms with Crippen LogP contribution in [-0.4, -0.2) is 59.6 Å². The van der Waals surface area contributed by atoms with E-state index in [1.165, 1.54) is 0 Å². The molecular formula is C12H22N2O3S. The van der Waals surface area contributed by atoms with E-state index >= 15 is 0 Å². The van der Waals surface area contributed by atoms with Gasteiger partial charge in [-0.1, -0.05) is 0 Å². The van der Waals surface area contributed by atoms with Crippen LogP contribution in [0.3, 0.4) is 0 Å². The molecule has 0 radical (unpaired) electrons. The van der Waals surface area contributed by atoms with Crippen molar-refractivity contribution >= 4 is 23.6 Å². The van der Waals surface area contributed by atoms with Crippen LogP contribution in [0.25, 0.3) is 0 Å². The number of hydrogen-bond acceptors (Lipinski definition) is 4. The molecule has 1 amide bonds. The van der Waals surface area contributed by atoms with Gasteiger partial charge in [-0.3, -0.25) is 9.59 Å². The summed E-state index contributed by atoms with van der Waals surface area (Å²) in [5.74, 6) is -0.197. The van der Waals surface area contributed by atoms with Crippen molar-refractivity contribution in [3.05, 3.63) is 0 Å². The van der Waals surface area contributed by atoms with E-state index in [0.717, 1.165) is 25.9 Å². The first-order valence-electron chi connectivity index (χ1n) is 6.37. The predicted molar refractivity (Wildman–Crippen MR) is 72.9 cm³/mol. The first kappa shape index (κ1) is 15.3. The lowest BCUT2D eigenvalue weighted by molar-refractivity contribution is -0.137. The zero-order valence-electron chi connectivity index (χ0n) is 10.9. The maximum atomic E-state index is 11.8. The largest absolute Gasteiger partial charge is 0.481 e. The molecule has 0 spiro atoms. The minimum atomic E-state index is -0.806. The molecule has 1 fully saturated rings. The van der Waals surface area contributed by atoms with Crippen molar-refractivity contribution < 1.29 is 14.7 Å². The fraction of sp³-hybridized carbons (Fsp3) is 0.833. The molecular weight excluding hydrogens is 252 g/mol. The summed E-state index contributed by atoms with van der Waals surface area (Å²) in [6, 6.07) is 0. The molecule has 0 atom stereocenters. The van der Waals surface area contributed by atoms with Gasteiger partial charge in [0.15, 0.2) is 0 Å². The molecule has 5 nitrogen and oxygen atoms in total. The summed E-state index contributed by atoms with van der Waals surface area (Å²) in [6.45, 7) is 2.61. The molecule has 0 aromatic rings. The minimum absolute atomic E-state index is 0.101. The molecule has 1 aliphatic heterocycles. The Bertz CT molecular complexity index is 280. The van der Waals surface area contributed by atoms with Crippen LogP contribution in [0.4, 0.5) is 0 Å². The van der Waals surface area contributed by atoms with Crippen LogP contribution in [0.5, 0.6) is 0 Å². The van der Waals surface area contributed by atoms with Gasteiger partial charge in [0.25, 0.3) is 0 Å². The molecule has 1 heterocycles. The molecule has 0 aromatic carbocycles. The van der Waals surface area contributed by atoms with Crippen LogP contribution in [-0.2, 0) is 9.59 Å². The minimum Gasteiger partial charge on any atom is -0.481 e. The highest BCUT2D eigenvalue weighted by molar-refractivity contribution is 8.00. The Balaban J connectivity index is 2.12. The van der Waals surface area contributed by atoms with E-state index in [0.29, 0.717) is 24.0 Å². The fourth-order valence-corrected chi connectivity index (χ4v) is 3.02. The van der Waals surface area contributed by atoms with Gasteiger partial charge in [0.05, 0.1) is 5.75 Å². The Hall–Kier alpha value is -0.750. The average Bonchev–Trinajstić information content (AvgIpc) is 2.36. The number of piperidine rings is 1. The van der Waals surface area contributed by atoms with Crippen molar-refractivity contribution in [2.24, 2.45) is 0 Å². The van der Waals surface area contributed by atoms with Crippen LogP contribution in [0.15, 0.2) is 0 Å². The summed E-state index contributed by atoms with van der Waals surface area (Å²) >= 11 is 1.73. The number of aliphatic carboxylic acids is 1. The number of carbonyl (C=O) groups is 2. The molecule has 0 saturated carbocycles. The number of carboxylic acid groups (broad SMARTS) is 1. The standard InChI is InChI=1S/C12H22N2O3S/c1-14(8-2-3-12(16)17)11(15)9-18-10-4-6-13-7-5-10/h10,13H,2-9H2,1H3,(H,16,17). The lowest BCUT2D eigenvalue weighted by Crippen LogP contribution is -2.32. The van der Waals surface area contributed by atoms with Gasteiger partial charge in [0.2, 0.25) is 5.91 Å². The molecule has 0 aliphatic carbocycles. The van der Waals surface area contributed by atoms with Gasteiger partial charge in [-0.2, -0.15) is 0 Å².